The molecule has 0 unspecified atom stereocenters. The molecule has 3 rings (SSSR count). The Labute approximate surface area is 145 Å². The second-order valence-corrected chi connectivity index (χ2v) is 6.55. The minimum atomic E-state index is -1.03. The number of carbonyl (C=O) groups is 2. The largest absolute Gasteiger partial charge is 0.504 e. The zero-order chi connectivity index (χ0) is 18.1. The van der Waals surface area contributed by atoms with Gasteiger partial charge in [-0.3, -0.25) is 4.79 Å². The van der Waals surface area contributed by atoms with E-state index in [0.717, 1.165) is 5.69 Å². The molecule has 1 amide bonds. The molecule has 1 saturated heterocycles. The van der Waals surface area contributed by atoms with E-state index in [9.17, 15) is 19.8 Å². The van der Waals surface area contributed by atoms with Crippen LogP contribution in [0.4, 0.5) is 0 Å². The van der Waals surface area contributed by atoms with E-state index in [4.69, 9.17) is 0 Å². The van der Waals surface area contributed by atoms with Crippen LogP contribution in [0, 0.1) is 0 Å². The Morgan fingerprint density at radius 2 is 1.92 bits per heavy atom. The summed E-state index contributed by atoms with van der Waals surface area (Å²) in [5, 5.41) is 23.5. The van der Waals surface area contributed by atoms with Crippen LogP contribution in [0.25, 0.3) is 5.69 Å². The molecular weight excluding hydrogens is 322 g/mol. The number of hydrogen-bond donors (Lipinski definition) is 2. The maximum atomic E-state index is 12.6. The van der Waals surface area contributed by atoms with Crippen LogP contribution in [0.3, 0.4) is 0 Å². The number of nitrogens with zero attached hydrogens (tertiary/aromatic N) is 3. The Morgan fingerprint density at radius 3 is 2.52 bits per heavy atom. The number of carboxylic acid groups (broad SMARTS) is 1. The van der Waals surface area contributed by atoms with E-state index in [1.54, 1.807) is 0 Å². The van der Waals surface area contributed by atoms with Crippen LogP contribution in [0.15, 0.2) is 30.5 Å². The number of carbonyl (C=O) groups excluding carboxylic acids is 1. The maximum absolute atomic E-state index is 12.6. The molecule has 7 nitrogen and oxygen atoms in total. The lowest BCUT2D eigenvalue weighted by Crippen LogP contribution is -2.40. The van der Waals surface area contributed by atoms with Gasteiger partial charge >= 0.3 is 5.97 Å². The van der Waals surface area contributed by atoms with Gasteiger partial charge in [0, 0.05) is 6.54 Å². The number of amides is 1. The molecule has 0 aliphatic carbocycles. The lowest BCUT2D eigenvalue weighted by molar-refractivity contribution is -0.141. The third kappa shape index (κ3) is 3.22. The third-order valence-corrected chi connectivity index (χ3v) is 4.52. The van der Waals surface area contributed by atoms with E-state index in [1.165, 1.54) is 21.3 Å². The lowest BCUT2D eigenvalue weighted by Gasteiger charge is -2.20. The highest BCUT2D eigenvalue weighted by Gasteiger charge is 2.36. The molecule has 1 aliphatic heterocycles. The van der Waals surface area contributed by atoms with Crippen LogP contribution >= 0.6 is 0 Å². The van der Waals surface area contributed by atoms with Crippen molar-refractivity contribution in [3.05, 3.63) is 41.7 Å². The molecule has 2 N–H and O–H groups in total. The van der Waals surface area contributed by atoms with Crippen molar-refractivity contribution in [1.82, 2.24) is 14.7 Å². The van der Waals surface area contributed by atoms with Gasteiger partial charge < -0.3 is 15.1 Å². The van der Waals surface area contributed by atoms with Crippen molar-refractivity contribution in [1.29, 1.82) is 0 Å². The molecule has 2 heterocycles. The van der Waals surface area contributed by atoms with Crippen molar-refractivity contribution >= 4 is 11.9 Å². The Kier molecular flexibility index (Phi) is 4.48. The Bertz CT molecular complexity index is 795. The predicted molar refractivity (Wildman–Crippen MR) is 91.0 cm³/mol. The summed E-state index contributed by atoms with van der Waals surface area (Å²) in [6.07, 6.45) is 2.41. The van der Waals surface area contributed by atoms with Crippen molar-refractivity contribution in [2.24, 2.45) is 0 Å². The van der Waals surface area contributed by atoms with Crippen LogP contribution in [0.2, 0.25) is 0 Å². The van der Waals surface area contributed by atoms with Crippen LogP contribution in [0.1, 0.15) is 48.7 Å². The van der Waals surface area contributed by atoms with Gasteiger partial charge in [0.2, 0.25) is 0 Å². The number of likely N-dealkylation sites (tertiary alicyclic amines) is 1. The fourth-order valence-corrected chi connectivity index (χ4v) is 3.06. The average molecular weight is 343 g/mol. The minimum Gasteiger partial charge on any atom is -0.504 e. The second kappa shape index (κ2) is 6.58. The fraction of sp³-hybridized carbons (Fsp3) is 0.389. The van der Waals surface area contributed by atoms with E-state index >= 15 is 0 Å². The first-order valence-corrected chi connectivity index (χ1v) is 8.31. The molecule has 1 aromatic heterocycles. The smallest absolute Gasteiger partial charge is 0.326 e. The minimum absolute atomic E-state index is 0.124. The van der Waals surface area contributed by atoms with E-state index < -0.39 is 17.9 Å². The molecule has 0 spiro atoms. The fourth-order valence-electron chi connectivity index (χ4n) is 3.06. The van der Waals surface area contributed by atoms with Gasteiger partial charge in [-0.25, -0.2) is 9.48 Å². The molecule has 1 aromatic carbocycles. The van der Waals surface area contributed by atoms with Gasteiger partial charge in [-0.2, -0.15) is 5.10 Å². The summed E-state index contributed by atoms with van der Waals surface area (Å²) in [6, 6.07) is 6.82. The molecule has 1 aliphatic rings. The quantitative estimate of drug-likeness (QED) is 0.889. The third-order valence-electron chi connectivity index (χ3n) is 4.52. The zero-order valence-corrected chi connectivity index (χ0v) is 14.2. The number of aliphatic carboxylic acids is 1. The Balaban J connectivity index is 1.87. The first-order chi connectivity index (χ1) is 11.9. The molecule has 1 fully saturated rings. The first-order valence-electron chi connectivity index (χ1n) is 8.31. The molecule has 0 bridgehead atoms. The van der Waals surface area contributed by atoms with Gasteiger partial charge in [0.25, 0.3) is 5.91 Å². The molecule has 0 radical (unpaired) electrons. The highest BCUT2D eigenvalue weighted by atomic mass is 16.4. The van der Waals surface area contributed by atoms with Gasteiger partial charge in [-0.1, -0.05) is 26.0 Å². The van der Waals surface area contributed by atoms with Gasteiger partial charge in [0.05, 0.1) is 11.9 Å². The topological polar surface area (TPSA) is 95.7 Å². The molecule has 7 heteroatoms. The van der Waals surface area contributed by atoms with Crippen molar-refractivity contribution in [2.45, 2.75) is 38.6 Å². The van der Waals surface area contributed by atoms with Gasteiger partial charge in [-0.15, -0.1) is 0 Å². The molecule has 1 atom stereocenters. The standard InChI is InChI=1S/C18H21N3O4/c1-11(2)12-5-7-13(8-6-12)21-10-15(22)16(19-21)17(23)20-9-3-4-14(20)18(24)25/h5-8,10-11,14,22H,3-4,9H2,1-2H3,(H,24,25)/t14-/m0/s1. The predicted octanol–water partition coefficient (Wildman–Crippen LogP) is 2.39. The molecular formula is C18H21N3O4. The summed E-state index contributed by atoms with van der Waals surface area (Å²) in [5.74, 6) is -1.44. The summed E-state index contributed by atoms with van der Waals surface area (Å²) < 4.78 is 1.43. The number of rotatable bonds is 4. The maximum Gasteiger partial charge on any atom is 0.326 e. The number of benzene rings is 1. The summed E-state index contributed by atoms with van der Waals surface area (Å²) in [4.78, 5) is 25.1. The number of carboxylic acids is 1. The highest BCUT2D eigenvalue weighted by Crippen LogP contribution is 2.25. The summed E-state index contributed by atoms with van der Waals surface area (Å²) in [6.45, 7) is 4.55. The average Bonchev–Trinajstić information content (AvgIpc) is 3.21. The van der Waals surface area contributed by atoms with E-state index in [-0.39, 0.29) is 11.4 Å². The summed E-state index contributed by atoms with van der Waals surface area (Å²) >= 11 is 0. The molecule has 2 aromatic rings. The number of aromatic hydroxyl groups is 1. The SMILES string of the molecule is CC(C)c1ccc(-n2cc(O)c(C(=O)N3CCC[C@H]3C(=O)O)n2)cc1. The van der Waals surface area contributed by atoms with Crippen LogP contribution in [0.5, 0.6) is 5.75 Å². The highest BCUT2D eigenvalue weighted by molar-refractivity contribution is 5.97. The monoisotopic (exact) mass is 343 g/mol. The molecule has 0 saturated carbocycles. The van der Waals surface area contributed by atoms with Crippen molar-refractivity contribution in [2.75, 3.05) is 6.54 Å². The van der Waals surface area contributed by atoms with Crippen LogP contribution < -0.4 is 0 Å². The normalized spacial score (nSPS) is 17.2. The van der Waals surface area contributed by atoms with E-state index in [0.29, 0.717) is 25.3 Å². The lowest BCUT2D eigenvalue weighted by atomic mass is 10.0. The molecule has 132 valence electrons. The first kappa shape index (κ1) is 17.0. The van der Waals surface area contributed by atoms with Crippen LogP contribution in [-0.4, -0.2) is 49.4 Å². The van der Waals surface area contributed by atoms with E-state index in [2.05, 4.69) is 18.9 Å². The van der Waals surface area contributed by atoms with E-state index in [1.807, 2.05) is 24.3 Å². The summed E-state index contributed by atoms with van der Waals surface area (Å²) in [5.41, 5.74) is 1.77. The Hall–Kier alpha value is -2.83. The van der Waals surface area contributed by atoms with Crippen LogP contribution in [-0.2, 0) is 4.79 Å². The number of hydrogen-bond acceptors (Lipinski definition) is 4. The van der Waals surface area contributed by atoms with Crippen molar-refractivity contribution in [3.63, 3.8) is 0 Å². The van der Waals surface area contributed by atoms with Crippen molar-refractivity contribution < 1.29 is 19.8 Å². The zero-order valence-electron chi connectivity index (χ0n) is 14.2. The Morgan fingerprint density at radius 1 is 1.24 bits per heavy atom. The van der Waals surface area contributed by atoms with Gasteiger partial charge in [-0.05, 0) is 36.5 Å². The van der Waals surface area contributed by atoms with Crippen molar-refractivity contribution in [3.8, 4) is 11.4 Å². The summed E-state index contributed by atoms with van der Waals surface area (Å²) in [7, 11) is 0. The van der Waals surface area contributed by atoms with Gasteiger partial charge in [0.1, 0.15) is 6.04 Å². The number of aromatic nitrogens is 2. The second-order valence-electron chi connectivity index (χ2n) is 6.55. The molecule has 25 heavy (non-hydrogen) atoms. The van der Waals surface area contributed by atoms with Gasteiger partial charge in [0.15, 0.2) is 11.4 Å².